The summed E-state index contributed by atoms with van der Waals surface area (Å²) in [5.41, 5.74) is 0.203. The van der Waals surface area contributed by atoms with E-state index in [1.54, 1.807) is 42.1 Å². The highest BCUT2D eigenvalue weighted by Gasteiger charge is 2.26. The van der Waals surface area contributed by atoms with E-state index >= 15 is 0 Å². The van der Waals surface area contributed by atoms with Gasteiger partial charge in [0.05, 0.1) is 11.3 Å². The van der Waals surface area contributed by atoms with Gasteiger partial charge in [0, 0.05) is 25.7 Å². The summed E-state index contributed by atoms with van der Waals surface area (Å²) in [6, 6.07) is 9.20. The molecule has 3 aromatic rings. The fourth-order valence-corrected chi connectivity index (χ4v) is 4.23. The number of nitrogens with zero attached hydrogens (tertiary/aromatic N) is 7. The van der Waals surface area contributed by atoms with Gasteiger partial charge in [-0.05, 0) is 52.2 Å². The summed E-state index contributed by atoms with van der Waals surface area (Å²) in [7, 11) is 0.562. The van der Waals surface area contributed by atoms with Crippen LogP contribution in [-0.4, -0.2) is 55.2 Å². The predicted octanol–water partition coefficient (Wildman–Crippen LogP) is 3.47. The minimum Gasteiger partial charge on any atom is -0.493 e. The molecular weight excluding hydrogens is 486 g/mol. The summed E-state index contributed by atoms with van der Waals surface area (Å²) in [5.74, 6) is -0.398. The Hall–Kier alpha value is -3.81. The third-order valence-electron chi connectivity index (χ3n) is 5.28. The molecule has 0 aliphatic heterocycles. The Labute approximate surface area is 208 Å². The molecule has 13 heteroatoms. The summed E-state index contributed by atoms with van der Waals surface area (Å²) in [6.07, 6.45) is 3.98. The van der Waals surface area contributed by atoms with Crippen molar-refractivity contribution in [2.45, 2.75) is 24.8 Å². The predicted molar refractivity (Wildman–Crippen MR) is 133 cm³/mol. The maximum atomic E-state index is 13.4. The molecule has 0 saturated heterocycles. The van der Waals surface area contributed by atoms with Crippen LogP contribution in [0.4, 0.5) is 17.1 Å². The highest BCUT2D eigenvalue weighted by atomic mass is 32.2. The minimum absolute atomic E-state index is 0.00980. The second kappa shape index (κ2) is 11.3. The first-order valence-corrected chi connectivity index (χ1v) is 12.4. The van der Waals surface area contributed by atoms with Gasteiger partial charge in [-0.2, -0.15) is 23.2 Å². The molecule has 0 amide bonds. The van der Waals surface area contributed by atoms with Gasteiger partial charge < -0.3 is 10.0 Å². The van der Waals surface area contributed by atoms with Crippen LogP contribution in [0.15, 0.2) is 78.9 Å². The largest absolute Gasteiger partial charge is 0.493 e. The molecule has 0 radical (unpaired) electrons. The number of hydrogen-bond acceptors (Lipinski definition) is 9. The highest BCUT2D eigenvalue weighted by molar-refractivity contribution is 7.86. The molecule has 2 N–H and O–H groups in total. The quantitative estimate of drug-likeness (QED) is 0.253. The lowest BCUT2D eigenvalue weighted by Crippen LogP contribution is -2.40. The number of benzene rings is 1. The van der Waals surface area contributed by atoms with Crippen molar-refractivity contribution >= 4 is 27.2 Å². The molecule has 1 aromatic carbocycles. The molecule has 0 aliphatic carbocycles. The van der Waals surface area contributed by atoms with E-state index in [0.29, 0.717) is 18.5 Å². The van der Waals surface area contributed by atoms with Crippen LogP contribution in [-0.2, 0) is 16.7 Å². The van der Waals surface area contributed by atoms with Gasteiger partial charge in [-0.3, -0.25) is 13.9 Å². The molecule has 0 bridgehead atoms. The van der Waals surface area contributed by atoms with Crippen molar-refractivity contribution in [2.24, 2.45) is 20.5 Å². The van der Waals surface area contributed by atoms with Crippen LogP contribution in [0, 0.1) is 6.92 Å². The van der Waals surface area contributed by atoms with Crippen LogP contribution in [0.25, 0.3) is 5.69 Å². The zero-order chi connectivity index (χ0) is 26.5. The molecule has 0 fully saturated rings. The first-order valence-electron chi connectivity index (χ1n) is 11.0. The van der Waals surface area contributed by atoms with E-state index in [0.717, 1.165) is 6.07 Å². The third-order valence-corrected chi connectivity index (χ3v) is 6.16. The first-order chi connectivity index (χ1) is 17.0. The number of azo groups is 2. The standard InChI is InChI=1S/C23H27N7O5S/c1-16-20(27-26-18-10-9-17(25-24-2)15-19(18)36(33,34)35)22(31)30(14-8-11-28(3)4)23(32)21(16)29-12-6-5-7-13-29/h5-7,9-10,12-13,15H,8,11,14H2,1-4H3,(H-,24,26,31,32,33,34,35)/p+1. The Bertz CT molecular complexity index is 1470. The summed E-state index contributed by atoms with van der Waals surface area (Å²) in [6.45, 7) is 2.52. The van der Waals surface area contributed by atoms with Crippen LogP contribution < -0.4 is 10.1 Å². The molecule has 36 heavy (non-hydrogen) atoms. The molecule has 3 rings (SSSR count). The average Bonchev–Trinajstić information content (AvgIpc) is 2.82. The molecule has 0 aliphatic rings. The van der Waals surface area contributed by atoms with Crippen LogP contribution in [0.3, 0.4) is 0 Å². The van der Waals surface area contributed by atoms with Crippen molar-refractivity contribution in [3.8, 4) is 11.6 Å². The van der Waals surface area contributed by atoms with Crippen molar-refractivity contribution < 1.29 is 22.6 Å². The van der Waals surface area contributed by atoms with Gasteiger partial charge >= 0.3 is 5.56 Å². The highest BCUT2D eigenvalue weighted by Crippen LogP contribution is 2.35. The van der Waals surface area contributed by atoms with E-state index in [9.17, 15) is 22.9 Å². The van der Waals surface area contributed by atoms with E-state index in [1.807, 2.05) is 19.0 Å². The van der Waals surface area contributed by atoms with Crippen molar-refractivity contribution in [3.63, 3.8) is 0 Å². The van der Waals surface area contributed by atoms with Gasteiger partial charge in [0.2, 0.25) is 5.88 Å². The Morgan fingerprint density at radius 2 is 1.78 bits per heavy atom. The van der Waals surface area contributed by atoms with Crippen LogP contribution >= 0.6 is 0 Å². The van der Waals surface area contributed by atoms with Gasteiger partial charge in [-0.25, -0.2) is 0 Å². The zero-order valence-corrected chi connectivity index (χ0v) is 21.2. The number of aromatic nitrogens is 2. The maximum Gasteiger partial charge on any atom is 0.326 e. The van der Waals surface area contributed by atoms with Gasteiger partial charge in [0.25, 0.3) is 15.8 Å². The number of aromatic hydroxyl groups is 1. The van der Waals surface area contributed by atoms with Crippen molar-refractivity contribution in [3.05, 3.63) is 64.7 Å². The van der Waals surface area contributed by atoms with E-state index in [1.165, 1.54) is 23.7 Å². The lowest BCUT2D eigenvalue weighted by molar-refractivity contribution is -0.597. The molecule has 2 heterocycles. The van der Waals surface area contributed by atoms with Gasteiger partial charge in [0.15, 0.2) is 18.1 Å². The van der Waals surface area contributed by atoms with Crippen molar-refractivity contribution in [2.75, 3.05) is 27.7 Å². The summed E-state index contributed by atoms with van der Waals surface area (Å²) in [4.78, 5) is 14.8. The monoisotopic (exact) mass is 514 g/mol. The smallest absolute Gasteiger partial charge is 0.326 e. The molecule has 0 spiro atoms. The minimum atomic E-state index is -4.67. The molecule has 2 aromatic heterocycles. The summed E-state index contributed by atoms with van der Waals surface area (Å²) >= 11 is 0. The topological polar surface area (TPSA) is 153 Å². The SMILES string of the molecule is CN=Nc1ccc(N=Nc2c(C)c(-[n+]3ccccc3)c(=O)n(CCCN(C)C)c2O)c(S(=O)(=O)O)c1. The number of rotatable bonds is 9. The van der Waals surface area contributed by atoms with Crippen molar-refractivity contribution in [1.29, 1.82) is 0 Å². The molecular formula is C23H28N7O5S+. The summed E-state index contributed by atoms with van der Waals surface area (Å²) in [5, 5.41) is 26.5. The lowest BCUT2D eigenvalue weighted by atomic mass is 10.2. The van der Waals surface area contributed by atoms with E-state index in [-0.39, 0.29) is 29.3 Å². The van der Waals surface area contributed by atoms with Crippen LogP contribution in [0.1, 0.15) is 12.0 Å². The molecule has 190 valence electrons. The van der Waals surface area contributed by atoms with Gasteiger partial charge in [-0.1, -0.05) is 6.07 Å². The molecule has 0 atom stereocenters. The van der Waals surface area contributed by atoms with Crippen molar-refractivity contribution in [1.82, 2.24) is 9.47 Å². The first kappa shape index (κ1) is 26.8. The average molecular weight is 515 g/mol. The van der Waals surface area contributed by atoms with Gasteiger partial charge in [0.1, 0.15) is 10.6 Å². The van der Waals surface area contributed by atoms with Crippen LogP contribution in [0.5, 0.6) is 5.88 Å². The molecule has 0 saturated carbocycles. The number of pyridine rings is 2. The second-order valence-corrected chi connectivity index (χ2v) is 9.56. The Morgan fingerprint density at radius 1 is 1.08 bits per heavy atom. The molecule has 12 nitrogen and oxygen atoms in total. The van der Waals surface area contributed by atoms with E-state index < -0.39 is 26.5 Å². The Balaban J connectivity index is 2.20. The third kappa shape index (κ3) is 6.05. The lowest BCUT2D eigenvalue weighted by Gasteiger charge is -2.14. The number of hydrogen-bond donors (Lipinski definition) is 2. The zero-order valence-electron chi connectivity index (χ0n) is 20.4. The van der Waals surface area contributed by atoms with E-state index in [2.05, 4.69) is 20.5 Å². The maximum absolute atomic E-state index is 13.4. The fraction of sp³-hybridized carbons (Fsp3) is 0.304. The fourth-order valence-electron chi connectivity index (χ4n) is 3.59. The van der Waals surface area contributed by atoms with E-state index in [4.69, 9.17) is 0 Å². The second-order valence-electron chi connectivity index (χ2n) is 8.17. The Morgan fingerprint density at radius 3 is 2.39 bits per heavy atom. The molecule has 0 unspecified atom stereocenters. The van der Waals surface area contributed by atoms with Gasteiger partial charge in [-0.15, -0.1) is 10.2 Å². The Kier molecular flexibility index (Phi) is 8.40. The van der Waals surface area contributed by atoms with Crippen LogP contribution in [0.2, 0.25) is 0 Å². The normalized spacial score (nSPS) is 12.3. The summed E-state index contributed by atoms with van der Waals surface area (Å²) < 4.78 is 36.4.